The molecule has 18 heavy (non-hydrogen) atoms. The van der Waals surface area contributed by atoms with E-state index in [9.17, 15) is 0 Å². The van der Waals surface area contributed by atoms with Crippen molar-refractivity contribution in [3.8, 4) is 0 Å². The zero-order valence-electron chi connectivity index (χ0n) is 10.0. The molecule has 1 unspecified atom stereocenters. The van der Waals surface area contributed by atoms with Gasteiger partial charge < -0.3 is 5.32 Å². The topological polar surface area (TPSA) is 55.1 Å². The SMILES string of the molecule is C1CC(c2nnc3sc(C4CSCCN4)nn23)C1. The molecule has 2 aromatic heterocycles. The number of aromatic nitrogens is 4. The summed E-state index contributed by atoms with van der Waals surface area (Å²) in [7, 11) is 0. The van der Waals surface area contributed by atoms with Gasteiger partial charge in [-0.05, 0) is 12.8 Å². The van der Waals surface area contributed by atoms with Crippen molar-refractivity contribution in [2.75, 3.05) is 18.1 Å². The van der Waals surface area contributed by atoms with Crippen LogP contribution in [0.15, 0.2) is 0 Å². The van der Waals surface area contributed by atoms with Crippen molar-refractivity contribution in [2.24, 2.45) is 0 Å². The second-order valence-corrected chi connectivity index (χ2v) is 7.04. The smallest absolute Gasteiger partial charge is 0.234 e. The highest BCUT2D eigenvalue weighted by atomic mass is 32.2. The minimum atomic E-state index is 0.393. The lowest BCUT2D eigenvalue weighted by Gasteiger charge is -2.22. The summed E-state index contributed by atoms with van der Waals surface area (Å²) in [6, 6.07) is 0.393. The molecule has 0 bridgehead atoms. The van der Waals surface area contributed by atoms with Crippen molar-refractivity contribution < 1.29 is 0 Å². The summed E-state index contributed by atoms with van der Waals surface area (Å²) in [5, 5.41) is 18.0. The van der Waals surface area contributed by atoms with Gasteiger partial charge in [0.2, 0.25) is 4.96 Å². The summed E-state index contributed by atoms with van der Waals surface area (Å²) in [5.41, 5.74) is 0. The fourth-order valence-corrected chi connectivity index (χ4v) is 4.40. The van der Waals surface area contributed by atoms with Crippen molar-refractivity contribution in [3.63, 3.8) is 0 Å². The molecule has 96 valence electrons. The molecule has 1 saturated carbocycles. The minimum Gasteiger partial charge on any atom is -0.306 e. The Morgan fingerprint density at radius 3 is 2.94 bits per heavy atom. The molecule has 2 aliphatic rings. The van der Waals surface area contributed by atoms with Gasteiger partial charge in [-0.15, -0.1) is 10.2 Å². The first kappa shape index (κ1) is 11.2. The van der Waals surface area contributed by atoms with E-state index in [0.29, 0.717) is 12.0 Å². The van der Waals surface area contributed by atoms with Crippen LogP contribution < -0.4 is 5.32 Å². The number of hydrogen-bond acceptors (Lipinski definition) is 6. The molecule has 0 spiro atoms. The normalized spacial score (nSPS) is 25.4. The van der Waals surface area contributed by atoms with Gasteiger partial charge in [0.15, 0.2) is 5.82 Å². The maximum absolute atomic E-state index is 4.73. The summed E-state index contributed by atoms with van der Waals surface area (Å²) >= 11 is 3.67. The first-order valence-electron chi connectivity index (χ1n) is 6.45. The van der Waals surface area contributed by atoms with Crippen molar-refractivity contribution in [2.45, 2.75) is 31.2 Å². The maximum atomic E-state index is 4.73. The number of thioether (sulfide) groups is 1. The van der Waals surface area contributed by atoms with Gasteiger partial charge in [-0.1, -0.05) is 17.8 Å². The fourth-order valence-electron chi connectivity index (χ4n) is 2.43. The largest absolute Gasteiger partial charge is 0.306 e. The zero-order chi connectivity index (χ0) is 11.9. The first-order chi connectivity index (χ1) is 8.92. The van der Waals surface area contributed by atoms with Crippen LogP contribution in [-0.4, -0.2) is 37.9 Å². The first-order valence-corrected chi connectivity index (χ1v) is 8.42. The van der Waals surface area contributed by atoms with Crippen LogP contribution in [0.2, 0.25) is 0 Å². The van der Waals surface area contributed by atoms with Crippen LogP contribution in [-0.2, 0) is 0 Å². The summed E-state index contributed by atoms with van der Waals surface area (Å²) in [5.74, 6) is 3.97. The lowest BCUT2D eigenvalue weighted by atomic mass is 9.85. The highest BCUT2D eigenvalue weighted by Crippen LogP contribution is 2.36. The van der Waals surface area contributed by atoms with E-state index in [4.69, 9.17) is 5.10 Å². The fraction of sp³-hybridized carbons (Fsp3) is 0.727. The average Bonchev–Trinajstić information content (AvgIpc) is 2.90. The molecule has 0 amide bonds. The van der Waals surface area contributed by atoms with Gasteiger partial charge in [-0.25, -0.2) is 0 Å². The molecule has 1 aliphatic heterocycles. The summed E-state index contributed by atoms with van der Waals surface area (Å²) < 4.78 is 1.98. The van der Waals surface area contributed by atoms with Crippen molar-refractivity contribution in [1.82, 2.24) is 25.1 Å². The van der Waals surface area contributed by atoms with Crippen LogP contribution in [0.4, 0.5) is 0 Å². The standard InChI is InChI=1S/C11H15N5S2/c1-2-7(3-1)9-13-14-11-16(9)15-10(18-11)8-6-17-5-4-12-8/h7-8,12H,1-6H2. The van der Waals surface area contributed by atoms with E-state index in [1.807, 2.05) is 16.3 Å². The number of rotatable bonds is 2. The van der Waals surface area contributed by atoms with Gasteiger partial charge in [0, 0.05) is 24.0 Å². The number of hydrogen-bond donors (Lipinski definition) is 1. The quantitative estimate of drug-likeness (QED) is 0.910. The van der Waals surface area contributed by atoms with E-state index in [1.165, 1.54) is 25.0 Å². The third-order valence-corrected chi connectivity index (χ3v) is 5.79. The van der Waals surface area contributed by atoms with Crippen LogP contribution in [0.25, 0.3) is 4.96 Å². The van der Waals surface area contributed by atoms with Crippen molar-refractivity contribution in [1.29, 1.82) is 0 Å². The number of nitrogens with zero attached hydrogens (tertiary/aromatic N) is 4. The number of nitrogens with one attached hydrogen (secondary N) is 1. The van der Waals surface area contributed by atoms with Gasteiger partial charge in [0.1, 0.15) is 5.01 Å². The third kappa shape index (κ3) is 1.76. The molecule has 7 heteroatoms. The van der Waals surface area contributed by atoms with E-state index < -0.39 is 0 Å². The highest BCUT2D eigenvalue weighted by molar-refractivity contribution is 7.99. The Morgan fingerprint density at radius 1 is 1.28 bits per heavy atom. The zero-order valence-corrected chi connectivity index (χ0v) is 11.6. The second kappa shape index (κ2) is 4.47. The predicted molar refractivity (Wildman–Crippen MR) is 73.3 cm³/mol. The molecule has 5 nitrogen and oxygen atoms in total. The molecule has 1 N–H and O–H groups in total. The highest BCUT2D eigenvalue weighted by Gasteiger charge is 2.27. The van der Waals surface area contributed by atoms with Gasteiger partial charge in [0.05, 0.1) is 6.04 Å². The van der Waals surface area contributed by atoms with Crippen molar-refractivity contribution in [3.05, 3.63) is 10.8 Å². The molecule has 4 rings (SSSR count). The molecule has 3 heterocycles. The van der Waals surface area contributed by atoms with Gasteiger partial charge >= 0.3 is 0 Å². The Balaban J connectivity index is 1.68. The Bertz CT molecular complexity index is 553. The Morgan fingerprint density at radius 2 is 2.22 bits per heavy atom. The second-order valence-electron chi connectivity index (χ2n) is 4.90. The molecule has 1 saturated heterocycles. The molecule has 0 radical (unpaired) electrons. The van der Waals surface area contributed by atoms with Crippen LogP contribution >= 0.6 is 23.1 Å². The van der Waals surface area contributed by atoms with E-state index in [0.717, 1.165) is 28.1 Å². The number of fused-ring (bicyclic) bond motifs is 1. The molecule has 1 atom stereocenters. The van der Waals surface area contributed by atoms with E-state index in [2.05, 4.69) is 15.5 Å². The van der Waals surface area contributed by atoms with E-state index >= 15 is 0 Å². The van der Waals surface area contributed by atoms with Crippen LogP contribution in [0.5, 0.6) is 0 Å². The Labute approximate surface area is 113 Å². The molecular weight excluding hydrogens is 266 g/mol. The van der Waals surface area contributed by atoms with Gasteiger partial charge in [-0.2, -0.15) is 21.4 Å². The molecular formula is C11H15N5S2. The average molecular weight is 281 g/mol. The maximum Gasteiger partial charge on any atom is 0.234 e. The molecule has 0 aromatic carbocycles. The summed E-state index contributed by atoms with van der Waals surface area (Å²) in [6.07, 6.45) is 3.80. The molecule has 2 fully saturated rings. The minimum absolute atomic E-state index is 0.393. The lowest BCUT2D eigenvalue weighted by molar-refractivity contribution is 0.394. The summed E-state index contributed by atoms with van der Waals surface area (Å²) in [6.45, 7) is 1.07. The Hall–Kier alpha value is -0.660. The van der Waals surface area contributed by atoms with Gasteiger partial charge in [0.25, 0.3) is 0 Å². The van der Waals surface area contributed by atoms with Crippen LogP contribution in [0, 0.1) is 0 Å². The van der Waals surface area contributed by atoms with E-state index in [-0.39, 0.29) is 0 Å². The lowest BCUT2D eigenvalue weighted by Crippen LogP contribution is -2.30. The monoisotopic (exact) mass is 281 g/mol. The van der Waals surface area contributed by atoms with Crippen molar-refractivity contribution >= 4 is 28.1 Å². The van der Waals surface area contributed by atoms with Gasteiger partial charge in [-0.3, -0.25) is 0 Å². The third-order valence-electron chi connectivity index (χ3n) is 3.72. The molecule has 1 aliphatic carbocycles. The summed E-state index contributed by atoms with van der Waals surface area (Å²) in [4.78, 5) is 0.948. The molecule has 2 aromatic rings. The Kier molecular flexibility index (Phi) is 2.78. The van der Waals surface area contributed by atoms with Crippen LogP contribution in [0.1, 0.15) is 42.1 Å². The predicted octanol–water partition coefficient (Wildman–Crippen LogP) is 1.83. The van der Waals surface area contributed by atoms with E-state index in [1.54, 1.807) is 11.3 Å². The van der Waals surface area contributed by atoms with Crippen LogP contribution in [0.3, 0.4) is 0 Å².